The van der Waals surface area contributed by atoms with Crippen LogP contribution in [0.3, 0.4) is 0 Å². The summed E-state index contributed by atoms with van der Waals surface area (Å²) < 4.78 is 6.23. The summed E-state index contributed by atoms with van der Waals surface area (Å²) in [5, 5.41) is 1.83. The minimum atomic E-state index is -0.449. The van der Waals surface area contributed by atoms with E-state index in [1.807, 2.05) is 5.38 Å². The molecule has 2 heterocycles. The van der Waals surface area contributed by atoms with Gasteiger partial charge in [-0.2, -0.15) is 0 Å². The molecule has 5 nitrogen and oxygen atoms in total. The minimum Gasteiger partial charge on any atom is -0.442 e. The van der Waals surface area contributed by atoms with Gasteiger partial charge in [0.25, 0.3) is 0 Å². The smallest absolute Gasteiger partial charge is 0.419 e. The highest BCUT2D eigenvalue weighted by atomic mass is 32.1. The van der Waals surface area contributed by atoms with E-state index >= 15 is 0 Å². The molecule has 2 aromatic heterocycles. The van der Waals surface area contributed by atoms with Crippen molar-refractivity contribution in [3.63, 3.8) is 0 Å². The van der Waals surface area contributed by atoms with E-state index in [1.54, 1.807) is 5.51 Å². The summed E-state index contributed by atoms with van der Waals surface area (Å²) in [5.41, 5.74) is 2.45. The lowest BCUT2D eigenvalue weighted by Crippen LogP contribution is -2.11. The van der Waals surface area contributed by atoms with E-state index in [2.05, 4.69) is 9.97 Å². The van der Waals surface area contributed by atoms with Gasteiger partial charge in [0.05, 0.1) is 11.2 Å². The molecule has 0 N–H and O–H groups in total. The molecule has 0 unspecified atom stereocenters. The third-order valence-corrected chi connectivity index (χ3v) is 2.18. The number of imidazole rings is 1. The third-order valence-electron chi connectivity index (χ3n) is 1.54. The molecule has 0 aromatic carbocycles. The fourth-order valence-corrected chi connectivity index (χ4v) is 1.43. The zero-order chi connectivity index (χ0) is 9.80. The molecule has 14 heavy (non-hydrogen) atoms. The highest BCUT2D eigenvalue weighted by Gasteiger charge is 2.05. The maximum Gasteiger partial charge on any atom is 0.419 e. The fraction of sp³-hybridized carbons (Fsp3) is 0.125. The third kappa shape index (κ3) is 1.97. The van der Waals surface area contributed by atoms with Crippen LogP contribution in [0.25, 0.3) is 0 Å². The van der Waals surface area contributed by atoms with Crippen LogP contribution in [0.2, 0.25) is 0 Å². The molecule has 2 rings (SSSR count). The summed E-state index contributed by atoms with van der Waals surface area (Å²) in [6, 6.07) is 0. The minimum absolute atomic E-state index is 0.195. The SMILES string of the molecule is O=C(OCc1cscn1)n1ccnc1. The Morgan fingerprint density at radius 1 is 1.64 bits per heavy atom. The van der Waals surface area contributed by atoms with E-state index in [9.17, 15) is 4.79 Å². The second-order valence-electron chi connectivity index (χ2n) is 2.50. The van der Waals surface area contributed by atoms with Gasteiger partial charge in [-0.05, 0) is 0 Å². The number of carbonyl (C=O) groups is 1. The van der Waals surface area contributed by atoms with Crippen molar-refractivity contribution in [1.29, 1.82) is 0 Å². The van der Waals surface area contributed by atoms with E-state index in [1.165, 1.54) is 34.6 Å². The van der Waals surface area contributed by atoms with Gasteiger partial charge in [-0.3, -0.25) is 0 Å². The predicted octanol–water partition coefficient (Wildman–Crippen LogP) is 1.52. The molecule has 0 saturated heterocycles. The van der Waals surface area contributed by atoms with E-state index in [0.717, 1.165) is 5.69 Å². The van der Waals surface area contributed by atoms with E-state index < -0.39 is 6.09 Å². The number of carbonyl (C=O) groups excluding carboxylic acids is 1. The largest absolute Gasteiger partial charge is 0.442 e. The van der Waals surface area contributed by atoms with Crippen LogP contribution in [0.4, 0.5) is 4.79 Å². The second kappa shape index (κ2) is 4.01. The Hall–Kier alpha value is -1.69. The maximum atomic E-state index is 11.3. The lowest BCUT2D eigenvalue weighted by molar-refractivity contribution is 0.140. The predicted molar refractivity (Wildman–Crippen MR) is 49.9 cm³/mol. The van der Waals surface area contributed by atoms with Crippen LogP contribution in [0.1, 0.15) is 5.69 Å². The van der Waals surface area contributed by atoms with Crippen molar-refractivity contribution >= 4 is 17.4 Å². The van der Waals surface area contributed by atoms with Crippen LogP contribution in [0.15, 0.2) is 29.6 Å². The average Bonchev–Trinajstić information content (AvgIpc) is 2.87. The van der Waals surface area contributed by atoms with Gasteiger partial charge in [0.15, 0.2) is 0 Å². The standard InChI is InChI=1S/C8H7N3O2S/c12-8(11-2-1-9-5-11)13-3-7-4-14-6-10-7/h1-2,4-6H,3H2. The zero-order valence-corrected chi connectivity index (χ0v) is 7.98. The van der Waals surface area contributed by atoms with Crippen molar-refractivity contribution in [3.8, 4) is 0 Å². The fourth-order valence-electron chi connectivity index (χ4n) is 0.886. The Morgan fingerprint density at radius 2 is 2.57 bits per heavy atom. The van der Waals surface area contributed by atoms with Crippen LogP contribution >= 0.6 is 11.3 Å². The van der Waals surface area contributed by atoms with Gasteiger partial charge in [0.2, 0.25) is 0 Å². The Bertz CT molecular complexity index is 396. The van der Waals surface area contributed by atoms with E-state index in [4.69, 9.17) is 4.74 Å². The summed E-state index contributed by atoms with van der Waals surface area (Å²) in [5.74, 6) is 0. The average molecular weight is 209 g/mol. The zero-order valence-electron chi connectivity index (χ0n) is 7.16. The van der Waals surface area contributed by atoms with Crippen LogP contribution in [0, 0.1) is 0 Å². The Balaban J connectivity index is 1.90. The molecule has 0 saturated carbocycles. The van der Waals surface area contributed by atoms with Crippen LogP contribution in [-0.2, 0) is 11.3 Å². The summed E-state index contributed by atoms with van der Waals surface area (Å²) >= 11 is 1.47. The molecule has 2 aromatic rings. The second-order valence-corrected chi connectivity index (χ2v) is 3.22. The Kier molecular flexibility index (Phi) is 2.55. The molecule has 0 atom stereocenters. The van der Waals surface area contributed by atoms with E-state index in [0.29, 0.717) is 0 Å². The molecule has 0 aliphatic carbocycles. The van der Waals surface area contributed by atoms with E-state index in [-0.39, 0.29) is 6.61 Å². The summed E-state index contributed by atoms with van der Waals surface area (Å²) in [6.07, 6.45) is 3.99. The number of rotatable bonds is 2. The van der Waals surface area contributed by atoms with Crippen LogP contribution in [-0.4, -0.2) is 20.6 Å². The van der Waals surface area contributed by atoms with Gasteiger partial charge in [0.1, 0.15) is 12.9 Å². The molecule has 0 amide bonds. The summed E-state index contributed by atoms with van der Waals surface area (Å²) in [6.45, 7) is 0.195. The number of hydrogen-bond donors (Lipinski definition) is 0. The van der Waals surface area contributed by atoms with Crippen molar-refractivity contribution in [3.05, 3.63) is 35.3 Å². The van der Waals surface area contributed by atoms with Gasteiger partial charge < -0.3 is 4.74 Å². The molecule has 0 spiro atoms. The van der Waals surface area contributed by atoms with Crippen LogP contribution < -0.4 is 0 Å². The summed E-state index contributed by atoms with van der Waals surface area (Å²) in [7, 11) is 0. The van der Waals surface area contributed by atoms with Crippen molar-refractivity contribution in [2.45, 2.75) is 6.61 Å². The highest BCUT2D eigenvalue weighted by Crippen LogP contribution is 2.03. The number of nitrogens with zero attached hydrogens (tertiary/aromatic N) is 3. The maximum absolute atomic E-state index is 11.3. The van der Waals surface area contributed by atoms with Crippen LogP contribution in [0.5, 0.6) is 0 Å². The quantitative estimate of drug-likeness (QED) is 0.752. The topological polar surface area (TPSA) is 57.0 Å². The van der Waals surface area contributed by atoms with Gasteiger partial charge in [0, 0.05) is 17.8 Å². The molecule has 0 fully saturated rings. The van der Waals surface area contributed by atoms with Gasteiger partial charge in [-0.25, -0.2) is 19.3 Å². The molecular weight excluding hydrogens is 202 g/mol. The van der Waals surface area contributed by atoms with Gasteiger partial charge in [-0.1, -0.05) is 0 Å². The number of thiazole rings is 1. The Labute approximate surface area is 84.0 Å². The molecule has 0 radical (unpaired) electrons. The molecule has 6 heteroatoms. The van der Waals surface area contributed by atoms with Crippen molar-refractivity contribution in [2.75, 3.05) is 0 Å². The first-order valence-electron chi connectivity index (χ1n) is 3.88. The molecule has 0 bridgehead atoms. The van der Waals surface area contributed by atoms with Crippen molar-refractivity contribution in [1.82, 2.24) is 14.5 Å². The highest BCUT2D eigenvalue weighted by molar-refractivity contribution is 7.07. The monoisotopic (exact) mass is 209 g/mol. The molecule has 72 valence electrons. The normalized spacial score (nSPS) is 10.0. The molecular formula is C8H7N3O2S. The Morgan fingerprint density at radius 3 is 3.21 bits per heavy atom. The molecule has 0 aliphatic rings. The lowest BCUT2D eigenvalue weighted by Gasteiger charge is -2.01. The number of hydrogen-bond acceptors (Lipinski definition) is 5. The molecule has 0 aliphatic heterocycles. The number of aromatic nitrogens is 3. The van der Waals surface area contributed by atoms with Gasteiger partial charge in [-0.15, -0.1) is 11.3 Å². The lowest BCUT2D eigenvalue weighted by atomic mass is 10.5. The first-order valence-corrected chi connectivity index (χ1v) is 4.82. The van der Waals surface area contributed by atoms with Crippen molar-refractivity contribution < 1.29 is 9.53 Å². The summed E-state index contributed by atoms with van der Waals surface area (Å²) in [4.78, 5) is 19.0. The first-order chi connectivity index (χ1) is 6.86. The number of ether oxygens (including phenoxy) is 1. The van der Waals surface area contributed by atoms with Gasteiger partial charge >= 0.3 is 6.09 Å². The first kappa shape index (κ1) is 8.89. The van der Waals surface area contributed by atoms with Crippen molar-refractivity contribution in [2.24, 2.45) is 0 Å².